The molecule has 7 nitrogen and oxygen atoms in total. The number of halogens is 1. The largest absolute Gasteiger partial charge is 0.492 e. The monoisotopic (exact) mass is 552 g/mol. The Labute approximate surface area is 198 Å². The summed E-state index contributed by atoms with van der Waals surface area (Å²) < 4.78 is 12.0. The Kier molecular flexibility index (Phi) is 7.26. The number of aliphatic imine (C=N–C) groups is 1. The summed E-state index contributed by atoms with van der Waals surface area (Å²) in [5, 5.41) is 9.81. The summed E-state index contributed by atoms with van der Waals surface area (Å²) >= 11 is 3.41. The van der Waals surface area contributed by atoms with Crippen molar-refractivity contribution in [2.24, 2.45) is 4.99 Å². The van der Waals surface area contributed by atoms with Crippen molar-refractivity contribution in [3.05, 3.63) is 55.5 Å². The van der Waals surface area contributed by atoms with E-state index in [1.807, 2.05) is 19.1 Å². The lowest BCUT2D eigenvalue weighted by molar-refractivity contribution is -0.121. The SMILES string of the molecule is CCOc1cc(/C=C2\SC(=Nc3cccc(C(=O)O)c3C)N(C)C2=O)cc(I)c1OC. The molecule has 3 rings (SSSR count). The molecule has 0 unspecified atom stereocenters. The third kappa shape index (κ3) is 4.87. The Morgan fingerprint density at radius 1 is 1.35 bits per heavy atom. The molecule has 0 aliphatic carbocycles. The van der Waals surface area contributed by atoms with Gasteiger partial charge in [0.05, 0.1) is 33.4 Å². The van der Waals surface area contributed by atoms with Crippen LogP contribution >= 0.6 is 34.4 Å². The fourth-order valence-corrected chi connectivity index (χ4v) is 4.84. The summed E-state index contributed by atoms with van der Waals surface area (Å²) in [6, 6.07) is 8.65. The Balaban J connectivity index is 1.97. The quantitative estimate of drug-likeness (QED) is 0.404. The number of methoxy groups -OCH3 is 1. The van der Waals surface area contributed by atoms with Crippen LogP contribution in [-0.2, 0) is 4.79 Å². The highest BCUT2D eigenvalue weighted by Crippen LogP contribution is 2.38. The van der Waals surface area contributed by atoms with Crippen LogP contribution in [0, 0.1) is 10.5 Å². The predicted octanol–water partition coefficient (Wildman–Crippen LogP) is 4.94. The fraction of sp³-hybridized carbons (Fsp3) is 0.227. The van der Waals surface area contributed by atoms with E-state index in [-0.39, 0.29) is 11.5 Å². The molecule has 0 bridgehead atoms. The second-order valence-corrected chi connectivity index (χ2v) is 8.76. The van der Waals surface area contributed by atoms with Gasteiger partial charge in [-0.2, -0.15) is 0 Å². The van der Waals surface area contributed by atoms with E-state index in [9.17, 15) is 14.7 Å². The van der Waals surface area contributed by atoms with E-state index in [0.29, 0.717) is 39.4 Å². The number of thioether (sulfide) groups is 1. The van der Waals surface area contributed by atoms with Gasteiger partial charge in [-0.15, -0.1) is 0 Å². The van der Waals surface area contributed by atoms with Gasteiger partial charge in [0.15, 0.2) is 16.7 Å². The third-order valence-electron chi connectivity index (χ3n) is 4.59. The molecule has 2 aromatic rings. The number of likely N-dealkylation sites (N-methyl/N-ethyl adjacent to an activating group) is 1. The van der Waals surface area contributed by atoms with Gasteiger partial charge in [0.2, 0.25) is 0 Å². The molecule has 0 spiro atoms. The van der Waals surface area contributed by atoms with Crippen molar-refractivity contribution in [1.29, 1.82) is 0 Å². The van der Waals surface area contributed by atoms with Crippen LogP contribution in [0.2, 0.25) is 0 Å². The maximum absolute atomic E-state index is 12.8. The summed E-state index contributed by atoms with van der Waals surface area (Å²) in [6.07, 6.45) is 1.79. The van der Waals surface area contributed by atoms with Crippen molar-refractivity contribution in [3.63, 3.8) is 0 Å². The zero-order valence-corrected chi connectivity index (χ0v) is 20.4. The second kappa shape index (κ2) is 9.73. The van der Waals surface area contributed by atoms with Crippen molar-refractivity contribution >= 4 is 63.2 Å². The van der Waals surface area contributed by atoms with Gasteiger partial charge in [-0.25, -0.2) is 9.79 Å². The van der Waals surface area contributed by atoms with Crippen molar-refractivity contribution in [1.82, 2.24) is 4.90 Å². The van der Waals surface area contributed by atoms with Gasteiger partial charge in [-0.1, -0.05) is 6.07 Å². The van der Waals surface area contributed by atoms with Gasteiger partial charge < -0.3 is 14.6 Å². The van der Waals surface area contributed by atoms with Crippen LogP contribution in [0.4, 0.5) is 5.69 Å². The van der Waals surface area contributed by atoms with Gasteiger partial charge in [0.1, 0.15) is 0 Å². The normalized spacial score (nSPS) is 16.3. The molecular weight excluding hydrogens is 531 g/mol. The van der Waals surface area contributed by atoms with Crippen LogP contribution in [0.25, 0.3) is 6.08 Å². The van der Waals surface area contributed by atoms with Gasteiger partial charge >= 0.3 is 5.97 Å². The molecule has 0 atom stereocenters. The smallest absolute Gasteiger partial charge is 0.336 e. The zero-order valence-electron chi connectivity index (χ0n) is 17.4. The van der Waals surface area contributed by atoms with Crippen molar-refractivity contribution < 1.29 is 24.2 Å². The van der Waals surface area contributed by atoms with Crippen LogP contribution in [0.5, 0.6) is 11.5 Å². The first-order chi connectivity index (χ1) is 14.8. The standard InChI is InChI=1S/C22H21IN2O5S/c1-5-30-17-10-13(9-15(23)19(17)29-4)11-18-20(26)25(3)22(31-18)24-16-8-6-7-14(12(16)2)21(27)28/h6-11H,5H2,1-4H3,(H,27,28)/b18-11-,24-22?. The van der Waals surface area contributed by atoms with Gasteiger partial charge in [-0.05, 0) is 89.7 Å². The number of amides is 1. The number of hydrogen-bond acceptors (Lipinski definition) is 6. The van der Waals surface area contributed by atoms with E-state index in [0.717, 1.165) is 9.13 Å². The molecule has 1 saturated heterocycles. The highest BCUT2D eigenvalue weighted by molar-refractivity contribution is 14.1. The number of aromatic carboxylic acids is 1. The minimum Gasteiger partial charge on any atom is -0.492 e. The van der Waals surface area contributed by atoms with Crippen LogP contribution < -0.4 is 9.47 Å². The van der Waals surface area contributed by atoms with Crippen LogP contribution in [0.3, 0.4) is 0 Å². The number of amidine groups is 1. The molecule has 1 N–H and O–H groups in total. The summed E-state index contributed by atoms with van der Waals surface area (Å²) in [7, 11) is 3.24. The highest BCUT2D eigenvalue weighted by Gasteiger charge is 2.31. The summed E-state index contributed by atoms with van der Waals surface area (Å²) in [5.41, 5.74) is 2.06. The number of ether oxygens (including phenoxy) is 2. The zero-order chi connectivity index (χ0) is 22.7. The van der Waals surface area contributed by atoms with Crippen LogP contribution in [-0.4, -0.2) is 47.8 Å². The third-order valence-corrected chi connectivity index (χ3v) is 6.45. The Morgan fingerprint density at radius 3 is 2.74 bits per heavy atom. The molecule has 1 fully saturated rings. The first-order valence-corrected chi connectivity index (χ1v) is 11.3. The number of nitrogens with zero attached hydrogens (tertiary/aromatic N) is 2. The van der Waals surface area contributed by atoms with E-state index in [1.165, 1.54) is 22.7 Å². The number of hydrogen-bond donors (Lipinski definition) is 1. The number of carboxylic acid groups (broad SMARTS) is 1. The number of benzene rings is 2. The molecule has 0 saturated carbocycles. The summed E-state index contributed by atoms with van der Waals surface area (Å²) in [4.78, 5) is 30.7. The maximum atomic E-state index is 12.8. The van der Waals surface area contributed by atoms with Crippen molar-refractivity contribution in [3.8, 4) is 11.5 Å². The molecule has 0 aromatic heterocycles. The van der Waals surface area contributed by atoms with Crippen LogP contribution in [0.15, 0.2) is 40.2 Å². The first kappa shape index (κ1) is 23.1. The molecular formula is C22H21IN2O5S. The predicted molar refractivity (Wildman–Crippen MR) is 130 cm³/mol. The number of carbonyl (C=O) groups is 2. The molecule has 31 heavy (non-hydrogen) atoms. The minimum atomic E-state index is -1.01. The molecule has 1 aliphatic rings. The van der Waals surface area contributed by atoms with E-state index in [1.54, 1.807) is 39.3 Å². The molecule has 1 amide bonds. The summed E-state index contributed by atoms with van der Waals surface area (Å²) in [6.45, 7) is 4.09. The van der Waals surface area contributed by atoms with Gasteiger partial charge in [0.25, 0.3) is 5.91 Å². The molecule has 9 heteroatoms. The fourth-order valence-electron chi connectivity index (χ4n) is 3.01. The number of carboxylic acids is 1. The highest BCUT2D eigenvalue weighted by atomic mass is 127. The topological polar surface area (TPSA) is 88.4 Å². The molecule has 162 valence electrons. The summed E-state index contributed by atoms with van der Waals surface area (Å²) in [5.74, 6) is 0.0770. The van der Waals surface area contributed by atoms with Gasteiger partial charge in [-0.3, -0.25) is 9.69 Å². The molecule has 1 heterocycles. The van der Waals surface area contributed by atoms with E-state index in [2.05, 4.69) is 27.6 Å². The molecule has 0 radical (unpaired) electrons. The van der Waals surface area contributed by atoms with Crippen LogP contribution in [0.1, 0.15) is 28.4 Å². The molecule has 2 aromatic carbocycles. The average molecular weight is 552 g/mol. The Bertz CT molecular complexity index is 1110. The first-order valence-electron chi connectivity index (χ1n) is 9.36. The van der Waals surface area contributed by atoms with Gasteiger partial charge in [0, 0.05) is 7.05 Å². The number of rotatable bonds is 6. The van der Waals surface area contributed by atoms with E-state index < -0.39 is 5.97 Å². The average Bonchev–Trinajstić information content (AvgIpc) is 2.97. The number of carbonyl (C=O) groups excluding carboxylic acids is 1. The van der Waals surface area contributed by atoms with Crippen molar-refractivity contribution in [2.75, 3.05) is 20.8 Å². The minimum absolute atomic E-state index is 0.181. The van der Waals surface area contributed by atoms with E-state index >= 15 is 0 Å². The Hall–Kier alpha value is -2.53. The molecule has 1 aliphatic heterocycles. The van der Waals surface area contributed by atoms with Crippen molar-refractivity contribution in [2.45, 2.75) is 13.8 Å². The lowest BCUT2D eigenvalue weighted by Gasteiger charge is -2.12. The lowest BCUT2D eigenvalue weighted by Crippen LogP contribution is -2.23. The lowest BCUT2D eigenvalue weighted by atomic mass is 10.1. The van der Waals surface area contributed by atoms with E-state index in [4.69, 9.17) is 9.47 Å². The second-order valence-electron chi connectivity index (χ2n) is 6.59. The Morgan fingerprint density at radius 2 is 2.10 bits per heavy atom. The maximum Gasteiger partial charge on any atom is 0.336 e.